The Hall–Kier alpha value is -7.34. The molecule has 0 saturated carbocycles. The molecule has 9 aromatic carbocycles. The van der Waals surface area contributed by atoms with Crippen molar-refractivity contribution in [2.24, 2.45) is 0 Å². The summed E-state index contributed by atoms with van der Waals surface area (Å²) in [6.45, 7) is 0. The molecule has 13 rings (SSSR count). The van der Waals surface area contributed by atoms with Crippen molar-refractivity contribution in [3.63, 3.8) is 0 Å². The van der Waals surface area contributed by atoms with Crippen molar-refractivity contribution in [1.29, 1.82) is 0 Å². The molecule has 0 unspecified atom stereocenters. The highest BCUT2D eigenvalue weighted by atomic mass is 32.1. The van der Waals surface area contributed by atoms with Gasteiger partial charge in [0.05, 0.1) is 33.3 Å². The highest BCUT2D eigenvalue weighted by Gasteiger charge is 2.21. The lowest BCUT2D eigenvalue weighted by Gasteiger charge is -2.13. The standard InChI is InChI=1S/C52H30N4S/c1-2-13-33-28-46-42(27-32(33)12-1)37-15-6-9-19-44(37)55(46)35-23-25-41-47(30-35)56(45-26-22-31-11-3-4-14-36(31)50(41)45)52-53-43-18-8-5-17-40(43)51(54-52)34-21-24-39-38-16-7-10-20-48(38)57-49(39)29-34/h1-30H. The second kappa shape index (κ2) is 11.6. The van der Waals surface area contributed by atoms with Gasteiger partial charge < -0.3 is 4.57 Å². The molecule has 0 aliphatic heterocycles. The summed E-state index contributed by atoms with van der Waals surface area (Å²) in [4.78, 5) is 10.9. The second-order valence-corrected chi connectivity index (χ2v) is 16.1. The van der Waals surface area contributed by atoms with Crippen LogP contribution < -0.4 is 0 Å². The van der Waals surface area contributed by atoms with Crippen molar-refractivity contribution in [3.05, 3.63) is 182 Å². The van der Waals surface area contributed by atoms with E-state index in [1.54, 1.807) is 0 Å². The summed E-state index contributed by atoms with van der Waals surface area (Å²) >= 11 is 1.83. The summed E-state index contributed by atoms with van der Waals surface area (Å²) in [5, 5.41) is 13.3. The zero-order valence-electron chi connectivity index (χ0n) is 30.5. The number of hydrogen-bond donors (Lipinski definition) is 0. The molecule has 4 aromatic heterocycles. The van der Waals surface area contributed by atoms with Crippen LogP contribution in [0.5, 0.6) is 0 Å². The Morgan fingerprint density at radius 3 is 1.95 bits per heavy atom. The van der Waals surface area contributed by atoms with Crippen molar-refractivity contribution < 1.29 is 0 Å². The van der Waals surface area contributed by atoms with Crippen molar-refractivity contribution >= 4 is 108 Å². The minimum atomic E-state index is 0.654. The topological polar surface area (TPSA) is 35.6 Å². The van der Waals surface area contributed by atoms with E-state index >= 15 is 0 Å². The number of benzene rings is 9. The maximum Gasteiger partial charge on any atom is 0.235 e. The van der Waals surface area contributed by atoms with E-state index < -0.39 is 0 Å². The average Bonchev–Trinajstić information content (AvgIpc) is 3.92. The van der Waals surface area contributed by atoms with E-state index in [2.05, 4.69) is 191 Å². The van der Waals surface area contributed by atoms with Crippen LogP contribution in [0.25, 0.3) is 119 Å². The lowest BCUT2D eigenvalue weighted by Crippen LogP contribution is -2.04. The van der Waals surface area contributed by atoms with Gasteiger partial charge in [0, 0.05) is 58.4 Å². The minimum absolute atomic E-state index is 0.654. The predicted molar refractivity (Wildman–Crippen MR) is 242 cm³/mol. The molecule has 0 spiro atoms. The molecule has 57 heavy (non-hydrogen) atoms. The van der Waals surface area contributed by atoms with E-state index in [0.29, 0.717) is 5.95 Å². The zero-order chi connectivity index (χ0) is 37.2. The first-order valence-corrected chi connectivity index (χ1v) is 20.1. The molecule has 5 heteroatoms. The van der Waals surface area contributed by atoms with E-state index in [9.17, 15) is 0 Å². The van der Waals surface area contributed by atoms with Gasteiger partial charge in [0.1, 0.15) is 0 Å². The molecule has 0 fully saturated rings. The molecular weight excluding hydrogens is 713 g/mol. The van der Waals surface area contributed by atoms with E-state index in [1.807, 2.05) is 11.3 Å². The Bertz CT molecular complexity index is 3830. The summed E-state index contributed by atoms with van der Waals surface area (Å²) in [5.41, 5.74) is 8.51. The number of thiophene rings is 1. The van der Waals surface area contributed by atoms with Crippen LogP contribution in [-0.4, -0.2) is 19.1 Å². The number of nitrogens with zero attached hydrogens (tertiary/aromatic N) is 4. The third kappa shape index (κ3) is 4.43. The third-order valence-corrected chi connectivity index (χ3v) is 13.0. The Labute approximate surface area is 330 Å². The molecule has 0 atom stereocenters. The fourth-order valence-corrected chi connectivity index (χ4v) is 10.5. The molecule has 0 radical (unpaired) electrons. The lowest BCUT2D eigenvalue weighted by atomic mass is 10.0. The molecule has 0 saturated heterocycles. The van der Waals surface area contributed by atoms with Crippen LogP contribution in [-0.2, 0) is 0 Å². The molecule has 13 aromatic rings. The fourth-order valence-electron chi connectivity index (χ4n) is 9.32. The summed E-state index contributed by atoms with van der Waals surface area (Å²) in [6, 6.07) is 66.0. The Balaban J connectivity index is 1.12. The normalized spacial score (nSPS) is 12.2. The highest BCUT2D eigenvalue weighted by molar-refractivity contribution is 7.25. The first kappa shape index (κ1) is 30.9. The van der Waals surface area contributed by atoms with Gasteiger partial charge in [-0.25, -0.2) is 9.97 Å². The van der Waals surface area contributed by atoms with Crippen LogP contribution in [0.2, 0.25) is 0 Å². The summed E-state index contributed by atoms with van der Waals surface area (Å²) in [6.07, 6.45) is 0. The quantitative estimate of drug-likeness (QED) is 0.181. The largest absolute Gasteiger partial charge is 0.309 e. The fraction of sp³-hybridized carbons (Fsp3) is 0. The number of hydrogen-bond acceptors (Lipinski definition) is 3. The number of para-hydroxylation sites is 2. The van der Waals surface area contributed by atoms with E-state index in [0.717, 1.165) is 38.9 Å². The SMILES string of the molecule is c1ccc2cc3c(cc2c1)c1ccccc1n3-c1ccc2c3c4ccccc4ccc3n(-c3nc(-c4ccc5c(c4)sc4ccccc45)c4ccccc4n3)c2c1. The molecule has 0 bridgehead atoms. The Morgan fingerprint density at radius 1 is 0.368 bits per heavy atom. The van der Waals surface area contributed by atoms with Gasteiger partial charge in [-0.15, -0.1) is 11.3 Å². The molecule has 0 amide bonds. The first-order chi connectivity index (χ1) is 28.2. The first-order valence-electron chi connectivity index (χ1n) is 19.3. The number of fused-ring (bicyclic) bond motifs is 13. The van der Waals surface area contributed by atoms with Gasteiger partial charge in [0.15, 0.2) is 0 Å². The number of rotatable bonds is 3. The maximum absolute atomic E-state index is 5.53. The number of aromatic nitrogens is 4. The van der Waals surface area contributed by atoms with Gasteiger partial charge in [0.2, 0.25) is 5.95 Å². The predicted octanol–water partition coefficient (Wildman–Crippen LogP) is 14.2. The molecule has 4 nitrogen and oxygen atoms in total. The Morgan fingerprint density at radius 2 is 1.05 bits per heavy atom. The van der Waals surface area contributed by atoms with Crippen LogP contribution in [0.15, 0.2) is 182 Å². The van der Waals surface area contributed by atoms with Crippen LogP contribution in [0, 0.1) is 0 Å². The molecule has 4 heterocycles. The van der Waals surface area contributed by atoms with Crippen molar-refractivity contribution in [2.75, 3.05) is 0 Å². The monoisotopic (exact) mass is 742 g/mol. The molecule has 0 aliphatic carbocycles. The summed E-state index contributed by atoms with van der Waals surface area (Å²) in [5.74, 6) is 0.654. The van der Waals surface area contributed by atoms with Crippen LogP contribution in [0.1, 0.15) is 0 Å². The highest BCUT2D eigenvalue weighted by Crippen LogP contribution is 2.42. The lowest BCUT2D eigenvalue weighted by molar-refractivity contribution is 1.01. The van der Waals surface area contributed by atoms with E-state index in [1.165, 1.54) is 74.3 Å². The molecular formula is C52H30N4S. The van der Waals surface area contributed by atoms with Gasteiger partial charge in [-0.2, -0.15) is 0 Å². The Kier molecular flexibility index (Phi) is 6.29. The van der Waals surface area contributed by atoms with Crippen LogP contribution in [0.3, 0.4) is 0 Å². The minimum Gasteiger partial charge on any atom is -0.309 e. The van der Waals surface area contributed by atoms with Gasteiger partial charge >= 0.3 is 0 Å². The van der Waals surface area contributed by atoms with E-state index in [-0.39, 0.29) is 0 Å². The van der Waals surface area contributed by atoms with Crippen molar-refractivity contribution in [3.8, 4) is 22.9 Å². The molecule has 0 N–H and O–H groups in total. The summed E-state index contributed by atoms with van der Waals surface area (Å²) < 4.78 is 7.26. The van der Waals surface area contributed by atoms with Gasteiger partial charge in [0.25, 0.3) is 0 Å². The van der Waals surface area contributed by atoms with Crippen LogP contribution in [0.4, 0.5) is 0 Å². The zero-order valence-corrected chi connectivity index (χ0v) is 31.3. The van der Waals surface area contributed by atoms with Gasteiger partial charge in [-0.05, 0) is 76.1 Å². The van der Waals surface area contributed by atoms with Crippen LogP contribution >= 0.6 is 11.3 Å². The van der Waals surface area contributed by atoms with Crippen molar-refractivity contribution in [1.82, 2.24) is 19.1 Å². The smallest absolute Gasteiger partial charge is 0.235 e. The van der Waals surface area contributed by atoms with Gasteiger partial charge in [-0.3, -0.25) is 4.57 Å². The molecule has 264 valence electrons. The average molecular weight is 743 g/mol. The van der Waals surface area contributed by atoms with Crippen molar-refractivity contribution in [2.45, 2.75) is 0 Å². The van der Waals surface area contributed by atoms with Gasteiger partial charge in [-0.1, -0.05) is 127 Å². The summed E-state index contributed by atoms with van der Waals surface area (Å²) in [7, 11) is 0. The third-order valence-electron chi connectivity index (χ3n) is 11.9. The second-order valence-electron chi connectivity index (χ2n) is 15.0. The van der Waals surface area contributed by atoms with E-state index in [4.69, 9.17) is 9.97 Å². The maximum atomic E-state index is 5.53. The molecule has 0 aliphatic rings.